The third kappa shape index (κ3) is 7.13. The van der Waals surface area contributed by atoms with Crippen LogP contribution in [0.5, 0.6) is 0 Å². The molecule has 0 bridgehead atoms. The maximum Gasteiger partial charge on any atom is 0.120 e. The van der Waals surface area contributed by atoms with Crippen molar-refractivity contribution in [1.29, 1.82) is 0 Å². The summed E-state index contributed by atoms with van der Waals surface area (Å²) in [4.78, 5) is 0. The number of hydrogen-bond donors (Lipinski definition) is 2. The van der Waals surface area contributed by atoms with E-state index in [-0.39, 0.29) is 0 Å². The van der Waals surface area contributed by atoms with Crippen molar-refractivity contribution < 1.29 is 10.2 Å². The van der Waals surface area contributed by atoms with Crippen LogP contribution in [-0.4, -0.2) is 26.0 Å². The van der Waals surface area contributed by atoms with Gasteiger partial charge < -0.3 is 14.8 Å². The van der Waals surface area contributed by atoms with Crippen LogP contribution in [0.2, 0.25) is 0 Å². The normalized spacial score (nSPS) is 11.8. The quantitative estimate of drug-likeness (QED) is 0.328. The molecule has 0 aliphatic rings. The first kappa shape index (κ1) is 24.9. The molecule has 3 aromatic rings. The number of aryl methyl sites for hydroxylation is 1. The van der Waals surface area contributed by atoms with E-state index < -0.39 is 11.2 Å². The number of unbranched alkanes of at least 4 members (excludes halogenated alkanes) is 5. The highest BCUT2D eigenvalue weighted by molar-refractivity contribution is 6.09. The molecule has 1 heterocycles. The molecule has 3 nitrogen and oxygen atoms in total. The number of aliphatic hydroxyl groups is 2. The summed E-state index contributed by atoms with van der Waals surface area (Å²) in [5, 5.41) is 22.3. The Kier molecular flexibility index (Phi) is 7.91. The molecule has 2 N–H and O–H groups in total. The fourth-order valence-corrected chi connectivity index (χ4v) is 4.00. The summed E-state index contributed by atoms with van der Waals surface area (Å²) in [6.07, 6.45) is 7.59. The van der Waals surface area contributed by atoms with E-state index in [1.165, 1.54) is 43.1 Å². The van der Waals surface area contributed by atoms with Gasteiger partial charge in [0.1, 0.15) is 11.2 Å². The Morgan fingerprint density at radius 1 is 0.697 bits per heavy atom. The monoisotopic (exact) mass is 443 g/mol. The van der Waals surface area contributed by atoms with Gasteiger partial charge in [0.05, 0.1) is 0 Å². The lowest BCUT2D eigenvalue weighted by atomic mass is 10.1. The molecule has 0 radical (unpaired) electrons. The van der Waals surface area contributed by atoms with E-state index >= 15 is 0 Å². The van der Waals surface area contributed by atoms with Gasteiger partial charge in [-0.3, -0.25) is 0 Å². The van der Waals surface area contributed by atoms with Gasteiger partial charge in [-0.1, -0.05) is 62.7 Å². The maximum atomic E-state index is 9.99. The molecule has 0 aliphatic heterocycles. The zero-order valence-corrected chi connectivity index (χ0v) is 20.8. The van der Waals surface area contributed by atoms with Crippen molar-refractivity contribution in [2.24, 2.45) is 0 Å². The number of nitrogens with zero attached hydrogens (tertiary/aromatic N) is 1. The molecular weight excluding hydrogens is 406 g/mol. The minimum Gasteiger partial charge on any atom is -0.378 e. The zero-order valence-electron chi connectivity index (χ0n) is 20.8. The van der Waals surface area contributed by atoms with Crippen LogP contribution in [0.1, 0.15) is 84.3 Å². The minimum absolute atomic E-state index is 0.885. The molecule has 0 aliphatic carbocycles. The summed E-state index contributed by atoms with van der Waals surface area (Å²) in [5.74, 6) is 12.1. The van der Waals surface area contributed by atoms with Crippen LogP contribution in [0.15, 0.2) is 36.4 Å². The van der Waals surface area contributed by atoms with Gasteiger partial charge in [0.15, 0.2) is 0 Å². The van der Waals surface area contributed by atoms with Crippen molar-refractivity contribution >= 4 is 21.8 Å². The van der Waals surface area contributed by atoms with Crippen LogP contribution < -0.4 is 0 Å². The molecular formula is C30H37NO2. The summed E-state index contributed by atoms with van der Waals surface area (Å²) < 4.78 is 2.41. The summed E-state index contributed by atoms with van der Waals surface area (Å²) in [6, 6.07) is 12.6. The van der Waals surface area contributed by atoms with Crippen LogP contribution in [0.3, 0.4) is 0 Å². The Morgan fingerprint density at radius 3 is 1.61 bits per heavy atom. The van der Waals surface area contributed by atoms with Crippen molar-refractivity contribution in [3.63, 3.8) is 0 Å². The van der Waals surface area contributed by atoms with Gasteiger partial charge in [-0.2, -0.15) is 0 Å². The van der Waals surface area contributed by atoms with Gasteiger partial charge in [0, 0.05) is 39.5 Å². The number of rotatable bonds is 7. The zero-order chi connectivity index (χ0) is 24.1. The van der Waals surface area contributed by atoms with E-state index in [4.69, 9.17) is 0 Å². The van der Waals surface area contributed by atoms with Crippen molar-refractivity contribution in [3.05, 3.63) is 47.5 Å². The molecule has 0 atom stereocenters. The van der Waals surface area contributed by atoms with Gasteiger partial charge in [0.25, 0.3) is 0 Å². The lowest BCUT2D eigenvalue weighted by molar-refractivity contribution is 0.143. The van der Waals surface area contributed by atoms with E-state index in [0.717, 1.165) is 34.9 Å². The molecule has 0 saturated carbocycles. The van der Waals surface area contributed by atoms with E-state index in [1.807, 2.05) is 12.1 Å². The van der Waals surface area contributed by atoms with Gasteiger partial charge >= 0.3 is 0 Å². The molecule has 0 amide bonds. The van der Waals surface area contributed by atoms with E-state index in [9.17, 15) is 10.2 Å². The van der Waals surface area contributed by atoms with Crippen LogP contribution in [-0.2, 0) is 6.54 Å². The second-order valence-electron chi connectivity index (χ2n) is 10.0. The molecule has 2 aromatic carbocycles. The molecule has 1 aromatic heterocycles. The Balaban J connectivity index is 2.03. The Bertz CT molecular complexity index is 1140. The Labute approximate surface area is 198 Å². The molecule has 33 heavy (non-hydrogen) atoms. The molecule has 174 valence electrons. The topological polar surface area (TPSA) is 45.4 Å². The Morgan fingerprint density at radius 2 is 1.15 bits per heavy atom. The fourth-order valence-electron chi connectivity index (χ4n) is 4.00. The molecule has 0 spiro atoms. The highest BCUT2D eigenvalue weighted by Gasteiger charge is 2.13. The van der Waals surface area contributed by atoms with Crippen molar-refractivity contribution in [3.8, 4) is 23.7 Å². The molecule has 3 heteroatoms. The predicted molar refractivity (Wildman–Crippen MR) is 139 cm³/mol. The first-order valence-corrected chi connectivity index (χ1v) is 12.1. The maximum absolute atomic E-state index is 9.99. The number of benzene rings is 2. The van der Waals surface area contributed by atoms with E-state index in [2.05, 4.69) is 59.4 Å². The molecule has 0 unspecified atom stereocenters. The van der Waals surface area contributed by atoms with Crippen LogP contribution in [0.4, 0.5) is 0 Å². The summed E-state index contributed by atoms with van der Waals surface area (Å²) in [6.45, 7) is 10.0. The third-order valence-corrected chi connectivity index (χ3v) is 5.63. The second-order valence-corrected chi connectivity index (χ2v) is 10.0. The van der Waals surface area contributed by atoms with Gasteiger partial charge in [-0.05, 0) is 70.5 Å². The van der Waals surface area contributed by atoms with Crippen molar-refractivity contribution in [2.75, 3.05) is 0 Å². The number of fused-ring (bicyclic) bond motifs is 3. The highest BCUT2D eigenvalue weighted by Crippen LogP contribution is 2.31. The molecule has 0 saturated heterocycles. The standard InChI is InChI=1S/C30H37NO2/c1-6-7-8-9-10-11-20-31-27-14-12-23(16-18-29(2,3)32)21-25(27)26-22-24(13-15-28(26)31)17-19-30(4,5)33/h12-15,21-22,32-33H,6-11,20H2,1-5H3. The minimum atomic E-state index is -1.03. The third-order valence-electron chi connectivity index (χ3n) is 5.63. The van der Waals surface area contributed by atoms with Gasteiger partial charge in [0.2, 0.25) is 0 Å². The fraction of sp³-hybridized carbons (Fsp3) is 0.467. The van der Waals surface area contributed by atoms with Gasteiger partial charge in [-0.15, -0.1) is 0 Å². The molecule has 3 rings (SSSR count). The number of aromatic nitrogens is 1. The smallest absolute Gasteiger partial charge is 0.120 e. The van der Waals surface area contributed by atoms with Crippen LogP contribution in [0, 0.1) is 23.7 Å². The SMILES string of the molecule is CCCCCCCCn1c2ccc(C#CC(C)(C)O)cc2c2cc(C#CC(C)(C)O)ccc21. The molecule has 0 fully saturated rings. The van der Waals surface area contributed by atoms with Crippen molar-refractivity contribution in [2.45, 2.75) is 90.9 Å². The first-order chi connectivity index (χ1) is 15.6. The van der Waals surface area contributed by atoms with Crippen LogP contribution >= 0.6 is 0 Å². The largest absolute Gasteiger partial charge is 0.378 e. The number of hydrogen-bond acceptors (Lipinski definition) is 2. The van der Waals surface area contributed by atoms with Gasteiger partial charge in [-0.25, -0.2) is 0 Å². The van der Waals surface area contributed by atoms with E-state index in [1.54, 1.807) is 27.7 Å². The average Bonchev–Trinajstić information content (AvgIpc) is 3.05. The summed E-state index contributed by atoms with van der Waals surface area (Å²) in [5.41, 5.74) is 2.11. The van der Waals surface area contributed by atoms with E-state index in [0.29, 0.717) is 0 Å². The summed E-state index contributed by atoms with van der Waals surface area (Å²) in [7, 11) is 0. The first-order valence-electron chi connectivity index (χ1n) is 12.1. The lowest BCUT2D eigenvalue weighted by Gasteiger charge is -2.08. The summed E-state index contributed by atoms with van der Waals surface area (Å²) >= 11 is 0. The highest BCUT2D eigenvalue weighted by atomic mass is 16.3. The van der Waals surface area contributed by atoms with Crippen LogP contribution in [0.25, 0.3) is 21.8 Å². The predicted octanol–water partition coefficient (Wildman–Crippen LogP) is 6.40. The average molecular weight is 444 g/mol. The Hall–Kier alpha value is -2.72. The lowest BCUT2D eigenvalue weighted by Crippen LogP contribution is -2.14. The second kappa shape index (κ2) is 10.5. The van der Waals surface area contributed by atoms with Crippen molar-refractivity contribution in [1.82, 2.24) is 4.57 Å².